The fourth-order valence-corrected chi connectivity index (χ4v) is 15.9. The molecule has 0 amide bonds. The van der Waals surface area contributed by atoms with Crippen molar-refractivity contribution in [3.63, 3.8) is 0 Å². The summed E-state index contributed by atoms with van der Waals surface area (Å²) >= 11 is 7.11. The molecule has 454 valence electrons. The number of carbonyl (C=O) groups is 4. The van der Waals surface area contributed by atoms with E-state index in [9.17, 15) is 32.1 Å². The van der Waals surface area contributed by atoms with Crippen LogP contribution in [-0.4, -0.2) is 128 Å². The fourth-order valence-electron chi connectivity index (χ4n) is 8.81. The third-order valence-electron chi connectivity index (χ3n) is 12.8. The molecule has 0 bridgehead atoms. The highest BCUT2D eigenvalue weighted by atomic mass is 32.2. The lowest BCUT2D eigenvalue weighted by Crippen LogP contribution is -2.28. The van der Waals surface area contributed by atoms with E-state index in [-0.39, 0.29) is 79.7 Å². The summed E-state index contributed by atoms with van der Waals surface area (Å²) < 4.78 is 119. The normalized spacial score (nSPS) is 15.4. The van der Waals surface area contributed by atoms with E-state index in [1.54, 1.807) is 26.0 Å². The topological polar surface area (TPSA) is 259 Å². The van der Waals surface area contributed by atoms with Gasteiger partial charge in [0.15, 0.2) is 56.8 Å². The Balaban J connectivity index is 0.000000672. The van der Waals surface area contributed by atoms with Crippen molar-refractivity contribution in [1.29, 1.82) is 0 Å². The van der Waals surface area contributed by atoms with Crippen molar-refractivity contribution in [1.82, 2.24) is 0 Å². The first-order chi connectivity index (χ1) is 41.2. The van der Waals surface area contributed by atoms with E-state index in [0.29, 0.717) is 116 Å². The van der Waals surface area contributed by atoms with Crippen molar-refractivity contribution >= 4 is 90.7 Å². The number of hydrogen-bond donors (Lipinski definition) is 0. The molecule has 11 rings (SSSR count). The van der Waals surface area contributed by atoms with Crippen LogP contribution in [0.25, 0.3) is 29.3 Å². The van der Waals surface area contributed by atoms with E-state index >= 15 is 0 Å². The number of carbonyl (C=O) groups excluding carboxylic acids is 4. The number of rotatable bonds is 18. The number of esters is 4. The largest absolute Gasteiger partial charge is 0.744 e. The smallest absolute Gasteiger partial charge is 0.405 e. The lowest BCUT2D eigenvalue weighted by Gasteiger charge is -2.20. The number of ether oxygens (including phenoxy) is 12. The highest BCUT2D eigenvalue weighted by Gasteiger charge is 2.40. The van der Waals surface area contributed by atoms with Crippen LogP contribution >= 0.6 is 56.7 Å². The maximum atomic E-state index is 12.8. The Bertz CT molecular complexity index is 4080. The highest BCUT2D eigenvalue weighted by Crippen LogP contribution is 2.61. The minimum Gasteiger partial charge on any atom is -0.744 e. The van der Waals surface area contributed by atoms with Crippen LogP contribution in [0.4, 0.5) is 0 Å². The number of benzene rings is 1. The summed E-state index contributed by atoms with van der Waals surface area (Å²) in [6, 6.07) is 5.78. The van der Waals surface area contributed by atoms with Crippen LogP contribution in [0.5, 0.6) is 46.0 Å². The summed E-state index contributed by atoms with van der Waals surface area (Å²) in [6.07, 6.45) is -1.51. The van der Waals surface area contributed by atoms with Gasteiger partial charge in [-0.05, 0) is 46.8 Å². The summed E-state index contributed by atoms with van der Waals surface area (Å²) in [5, 5.41) is 0. The molecule has 5 aromatic heterocycles. The standard InChI is InChI=1S/C52H50O18S5.C7H8O3S/c1-23(2)49(53)67-21-27(69-51(55)25(5)6)19-29-31-33(59-11-9-57-31)41(71-29)43-35-37(63-15-13-61-35)45(73-43)47-39-40(66-18-17-65-39)48(75-47)46-38-36(62-14-16-64-38)44(74-46)42-34-32(58-10-12-60-34)30(72-42)20-28(70-52(56)26(7)8)22-68-50(54)24(3)4;1-6-2-4-7(5-3-6)11(8,9)10/h27-28H,1,3,5,7,9-22H2,2,4,6,8H3;2-5H,1H3,(H,8,9,10)/q+2;/p-1. The molecule has 0 saturated carbocycles. The summed E-state index contributed by atoms with van der Waals surface area (Å²) in [4.78, 5) is 56.1. The number of hydrogen-bond acceptors (Lipinski definition) is 24. The molecule has 2 atom stereocenters. The molecular formula is C59H57O21S6+. The predicted molar refractivity (Wildman–Crippen MR) is 321 cm³/mol. The molecule has 5 aliphatic rings. The van der Waals surface area contributed by atoms with Gasteiger partial charge in [-0.2, -0.15) is 0 Å². The van der Waals surface area contributed by atoms with Gasteiger partial charge in [0.05, 0.1) is 34.2 Å². The average Bonchev–Trinajstić information content (AvgIpc) is 1.66. The van der Waals surface area contributed by atoms with Gasteiger partial charge in [-0.25, -0.2) is 36.4 Å². The average molecular weight is 1290 g/mol. The first-order valence-corrected chi connectivity index (χ1v) is 32.2. The first-order valence-electron chi connectivity index (χ1n) is 26.7. The Labute approximate surface area is 512 Å². The second-order valence-corrected chi connectivity index (χ2v) is 26.5. The van der Waals surface area contributed by atoms with Gasteiger partial charge in [0.2, 0.25) is 11.5 Å². The molecule has 0 saturated heterocycles. The zero-order valence-corrected chi connectivity index (χ0v) is 52.1. The van der Waals surface area contributed by atoms with Crippen LogP contribution in [0.3, 0.4) is 0 Å². The summed E-state index contributed by atoms with van der Waals surface area (Å²) in [7, 11) is -4.27. The fraction of sp³-hybridized carbons (Fsp3) is 0.356. The second kappa shape index (κ2) is 26.2. The summed E-state index contributed by atoms with van der Waals surface area (Å²) in [6.45, 7) is 25.2. The first kappa shape index (κ1) is 61.6. The van der Waals surface area contributed by atoms with Crippen LogP contribution in [-0.2, 0) is 61.1 Å². The zero-order valence-electron chi connectivity index (χ0n) is 47.2. The lowest BCUT2D eigenvalue weighted by atomic mass is 10.2. The molecule has 6 aromatic rings. The van der Waals surface area contributed by atoms with Gasteiger partial charge in [-0.1, -0.05) is 44.0 Å². The molecule has 0 N–H and O–H groups in total. The van der Waals surface area contributed by atoms with Crippen LogP contribution in [0.2, 0.25) is 0 Å². The Morgan fingerprint density at radius 2 is 0.814 bits per heavy atom. The van der Waals surface area contributed by atoms with Crippen LogP contribution < -0.4 is 48.8 Å². The number of fused-ring (bicyclic) bond motifs is 5. The van der Waals surface area contributed by atoms with E-state index in [1.807, 2.05) is 6.92 Å². The Morgan fingerprint density at radius 3 is 1.17 bits per heavy atom. The van der Waals surface area contributed by atoms with Gasteiger partial charge in [0.1, 0.15) is 84.9 Å². The van der Waals surface area contributed by atoms with E-state index in [0.717, 1.165) is 34.1 Å². The highest BCUT2D eigenvalue weighted by molar-refractivity contribution is 7.85. The van der Waals surface area contributed by atoms with E-state index in [4.69, 9.17) is 65.7 Å². The molecule has 86 heavy (non-hydrogen) atoms. The van der Waals surface area contributed by atoms with E-state index < -0.39 is 46.2 Å². The predicted octanol–water partition coefficient (Wildman–Crippen LogP) is 8.81. The third kappa shape index (κ3) is 13.2. The minimum absolute atomic E-state index is 0.135. The lowest BCUT2D eigenvalue weighted by molar-refractivity contribution is -0.153. The molecule has 5 aliphatic heterocycles. The summed E-state index contributed by atoms with van der Waals surface area (Å²) in [5.74, 6) is 1.58. The molecule has 27 heteroatoms. The molecule has 21 nitrogen and oxygen atoms in total. The van der Waals surface area contributed by atoms with Gasteiger partial charge in [0.25, 0.3) is 13.2 Å². The molecule has 0 spiro atoms. The van der Waals surface area contributed by atoms with E-state index in [2.05, 4.69) is 26.3 Å². The molecule has 2 unspecified atom stereocenters. The maximum absolute atomic E-state index is 12.8. The zero-order chi connectivity index (χ0) is 61.1. The van der Waals surface area contributed by atoms with Gasteiger partial charge >= 0.3 is 34.7 Å². The van der Waals surface area contributed by atoms with Crippen LogP contribution in [0.1, 0.15) is 43.0 Å². The van der Waals surface area contributed by atoms with Gasteiger partial charge in [-0.3, -0.25) is 0 Å². The summed E-state index contributed by atoms with van der Waals surface area (Å²) in [5.41, 5.74) is 2.78. The Hall–Kier alpha value is -7.53. The molecule has 10 heterocycles. The monoisotopic (exact) mass is 1290 g/mol. The Morgan fingerprint density at radius 1 is 0.488 bits per heavy atom. The quantitative estimate of drug-likeness (QED) is 0.0256. The van der Waals surface area contributed by atoms with Gasteiger partial charge in [0, 0.05) is 35.1 Å². The van der Waals surface area contributed by atoms with Crippen molar-refractivity contribution in [2.24, 2.45) is 0 Å². The number of aryl methyl sites for hydroxylation is 1. The van der Waals surface area contributed by atoms with Crippen molar-refractivity contribution in [2.75, 3.05) is 79.3 Å². The van der Waals surface area contributed by atoms with E-state index in [1.165, 1.54) is 82.7 Å². The van der Waals surface area contributed by atoms with Gasteiger partial charge in [-0.15, -0.1) is 56.7 Å². The second-order valence-electron chi connectivity index (χ2n) is 19.8. The molecule has 0 aliphatic carbocycles. The van der Waals surface area contributed by atoms with Crippen molar-refractivity contribution in [3.05, 3.63) is 117 Å². The third-order valence-corrected chi connectivity index (χ3v) is 20.1. The van der Waals surface area contributed by atoms with Crippen molar-refractivity contribution < 1.29 is 89.0 Å². The van der Waals surface area contributed by atoms with Gasteiger partial charge < -0.3 is 61.4 Å². The molecule has 0 fully saturated rings. The van der Waals surface area contributed by atoms with Crippen molar-refractivity contribution in [2.45, 2.75) is 64.6 Å². The number of thiophene rings is 5. The molecular weight excluding hydrogens is 1240 g/mol. The van der Waals surface area contributed by atoms with Crippen LogP contribution in [0, 0.1) is 16.0 Å². The molecule has 0 radical (unpaired) electrons. The van der Waals surface area contributed by atoms with Crippen molar-refractivity contribution in [3.8, 4) is 75.3 Å². The Kier molecular flexibility index (Phi) is 18.8. The van der Waals surface area contributed by atoms with Crippen LogP contribution in [0.15, 0.2) is 86.6 Å². The SMILES string of the molecule is C=C(C)C(=O)OCC(Cc1sc(-c2sc(-c3s/c(=c4/sc(-c5sc(CC(COC(=O)C(=C)C)OC(=O)C(=C)C)c6c5OCCO6)c5c4=[O+]CCO5)c4c3OCC[O+]=4)c3c2OCCO3)c2c1OCCO2)OC(=O)C(=C)C.Cc1ccc(S(=O)(=O)[O-])cc1. The minimum atomic E-state index is -4.27. The maximum Gasteiger partial charge on any atom is 0.405 e. The molecule has 1 aromatic carbocycles.